The van der Waals surface area contributed by atoms with Crippen molar-refractivity contribution in [3.63, 3.8) is 0 Å². The second kappa shape index (κ2) is 4.69. The van der Waals surface area contributed by atoms with Crippen LogP contribution >= 0.6 is 0 Å². The highest BCUT2D eigenvalue weighted by Gasteiger charge is 2.12. The van der Waals surface area contributed by atoms with Gasteiger partial charge in [0.25, 0.3) is 11.5 Å². The summed E-state index contributed by atoms with van der Waals surface area (Å²) >= 11 is 0. The van der Waals surface area contributed by atoms with E-state index in [0.717, 1.165) is 12.8 Å². The monoisotopic (exact) mass is 203 g/mol. The van der Waals surface area contributed by atoms with Crippen molar-refractivity contribution in [2.75, 3.05) is 11.9 Å². The Morgan fingerprint density at radius 2 is 2.21 bits per heavy atom. The van der Waals surface area contributed by atoms with Crippen molar-refractivity contribution in [2.24, 2.45) is 0 Å². The first-order valence-electron chi connectivity index (χ1n) is 4.34. The van der Waals surface area contributed by atoms with E-state index in [1.54, 1.807) is 0 Å². The summed E-state index contributed by atoms with van der Waals surface area (Å²) in [5, 5.41) is 7.23. The molecule has 4 nitrogen and oxygen atoms in total. The molecule has 0 unspecified atom stereocenters. The lowest BCUT2D eigenvalue weighted by Crippen LogP contribution is -2.19. The minimum Gasteiger partial charge on any atom is -0.378 e. The number of hydrogen-bond acceptors (Lipinski definition) is 3. The summed E-state index contributed by atoms with van der Waals surface area (Å²) in [6.45, 7) is 2.38. The fourth-order valence-electron chi connectivity index (χ4n) is 0.956. The Labute approximate surface area is 79.3 Å². The Hall–Kier alpha value is -1.46. The van der Waals surface area contributed by atoms with Gasteiger partial charge in [-0.15, -0.1) is 5.10 Å². The molecule has 0 aliphatic heterocycles. The second-order valence-corrected chi connectivity index (χ2v) is 2.81. The molecule has 0 spiro atoms. The van der Waals surface area contributed by atoms with Crippen molar-refractivity contribution < 1.29 is 8.78 Å². The number of unbranched alkanes of at least 4 members (excludes halogenated alkanes) is 1. The Morgan fingerprint density at radius 1 is 1.50 bits per heavy atom. The lowest BCUT2D eigenvalue weighted by Gasteiger charge is -2.04. The Bertz CT molecular complexity index is 364. The van der Waals surface area contributed by atoms with E-state index in [2.05, 4.69) is 10.4 Å². The molecule has 1 rings (SSSR count). The molecule has 0 saturated carbocycles. The summed E-state index contributed by atoms with van der Waals surface area (Å²) in [6.07, 6.45) is 1.68. The Morgan fingerprint density at radius 3 is 2.86 bits per heavy atom. The van der Waals surface area contributed by atoms with Gasteiger partial charge in [0.1, 0.15) is 5.69 Å². The molecule has 2 N–H and O–H groups in total. The number of H-pyrrole nitrogens is 1. The third-order valence-electron chi connectivity index (χ3n) is 1.72. The van der Waals surface area contributed by atoms with E-state index in [4.69, 9.17) is 0 Å². The van der Waals surface area contributed by atoms with Crippen LogP contribution in [0.15, 0.2) is 4.79 Å². The number of rotatable bonds is 4. The molecule has 0 bridgehead atoms. The van der Waals surface area contributed by atoms with Crippen LogP contribution in [-0.2, 0) is 0 Å². The second-order valence-electron chi connectivity index (χ2n) is 2.81. The van der Waals surface area contributed by atoms with Crippen LogP contribution in [0.1, 0.15) is 19.8 Å². The predicted molar refractivity (Wildman–Crippen MR) is 48.2 cm³/mol. The molecule has 1 aromatic heterocycles. The largest absolute Gasteiger partial charge is 0.378 e. The van der Waals surface area contributed by atoms with Gasteiger partial charge in [-0.1, -0.05) is 13.3 Å². The van der Waals surface area contributed by atoms with Crippen molar-refractivity contribution in [2.45, 2.75) is 19.8 Å². The van der Waals surface area contributed by atoms with Gasteiger partial charge in [0.2, 0.25) is 5.82 Å². The summed E-state index contributed by atoms with van der Waals surface area (Å²) in [5.74, 6) is -2.53. The number of nitrogens with zero attached hydrogens (tertiary/aromatic N) is 1. The van der Waals surface area contributed by atoms with E-state index in [-0.39, 0.29) is 5.69 Å². The number of aromatic nitrogens is 2. The van der Waals surface area contributed by atoms with Crippen LogP contribution < -0.4 is 10.9 Å². The van der Waals surface area contributed by atoms with Crippen LogP contribution in [0.2, 0.25) is 0 Å². The molecule has 0 aromatic carbocycles. The zero-order chi connectivity index (χ0) is 10.6. The summed E-state index contributed by atoms with van der Waals surface area (Å²) in [6, 6.07) is 0. The summed E-state index contributed by atoms with van der Waals surface area (Å²) in [5.41, 5.74) is -1.13. The normalized spacial score (nSPS) is 10.2. The molecule has 0 atom stereocenters. The number of halogens is 2. The SMILES string of the molecule is CCCCNc1c(F)c(F)n[nH]c1=O. The molecular weight excluding hydrogens is 192 g/mol. The van der Waals surface area contributed by atoms with Gasteiger partial charge in [-0.25, -0.2) is 5.10 Å². The first kappa shape index (κ1) is 10.6. The zero-order valence-corrected chi connectivity index (χ0v) is 7.73. The van der Waals surface area contributed by atoms with Crippen LogP contribution in [0.5, 0.6) is 0 Å². The van der Waals surface area contributed by atoms with Crippen molar-refractivity contribution in [3.05, 3.63) is 22.1 Å². The van der Waals surface area contributed by atoms with Gasteiger partial charge in [-0.05, 0) is 6.42 Å². The fourth-order valence-corrected chi connectivity index (χ4v) is 0.956. The maximum Gasteiger partial charge on any atom is 0.290 e. The molecule has 0 fully saturated rings. The molecule has 78 valence electrons. The molecule has 0 radical (unpaired) electrons. The van der Waals surface area contributed by atoms with Crippen LogP contribution in [0, 0.1) is 11.8 Å². The van der Waals surface area contributed by atoms with E-state index in [1.807, 2.05) is 12.0 Å². The highest BCUT2D eigenvalue weighted by Crippen LogP contribution is 2.08. The molecule has 14 heavy (non-hydrogen) atoms. The highest BCUT2D eigenvalue weighted by atomic mass is 19.2. The van der Waals surface area contributed by atoms with Crippen LogP contribution in [0.4, 0.5) is 14.5 Å². The predicted octanol–water partition coefficient (Wildman–Crippen LogP) is 1.26. The maximum absolute atomic E-state index is 13.0. The average Bonchev–Trinajstić information content (AvgIpc) is 2.18. The van der Waals surface area contributed by atoms with E-state index in [0.29, 0.717) is 6.54 Å². The molecule has 1 heterocycles. The minimum atomic E-state index is -1.30. The standard InChI is InChI=1S/C8H11F2N3O/c1-2-3-4-11-6-5(9)7(10)12-13-8(6)14/h2-4H2,1H3,(H,11,12)(H,13,14). The van der Waals surface area contributed by atoms with Crippen molar-refractivity contribution in [3.8, 4) is 0 Å². The summed E-state index contributed by atoms with van der Waals surface area (Å²) < 4.78 is 25.5. The van der Waals surface area contributed by atoms with Crippen molar-refractivity contribution >= 4 is 5.69 Å². The van der Waals surface area contributed by atoms with Gasteiger partial charge in [-0.2, -0.15) is 8.78 Å². The van der Waals surface area contributed by atoms with Crippen molar-refractivity contribution in [1.82, 2.24) is 10.2 Å². The molecule has 6 heteroatoms. The van der Waals surface area contributed by atoms with Gasteiger partial charge in [0.15, 0.2) is 0 Å². The topological polar surface area (TPSA) is 57.8 Å². The minimum absolute atomic E-state index is 0.383. The molecular formula is C8H11F2N3O. The summed E-state index contributed by atoms with van der Waals surface area (Å²) in [7, 11) is 0. The molecule has 0 saturated heterocycles. The number of hydrogen-bond donors (Lipinski definition) is 2. The fraction of sp³-hybridized carbons (Fsp3) is 0.500. The number of aromatic amines is 1. The highest BCUT2D eigenvalue weighted by molar-refractivity contribution is 5.40. The lowest BCUT2D eigenvalue weighted by molar-refractivity contribution is 0.465. The van der Waals surface area contributed by atoms with E-state index < -0.39 is 17.3 Å². The van der Waals surface area contributed by atoms with Gasteiger partial charge >= 0.3 is 0 Å². The summed E-state index contributed by atoms with van der Waals surface area (Å²) in [4.78, 5) is 11.0. The van der Waals surface area contributed by atoms with E-state index in [1.165, 1.54) is 0 Å². The van der Waals surface area contributed by atoms with Gasteiger partial charge < -0.3 is 5.32 Å². The smallest absolute Gasteiger partial charge is 0.290 e. The van der Waals surface area contributed by atoms with Gasteiger partial charge in [0, 0.05) is 6.54 Å². The Balaban J connectivity index is 2.84. The molecule has 0 aliphatic carbocycles. The quantitative estimate of drug-likeness (QED) is 0.724. The van der Waals surface area contributed by atoms with Crippen molar-refractivity contribution in [1.29, 1.82) is 0 Å². The van der Waals surface area contributed by atoms with Gasteiger partial charge in [-0.3, -0.25) is 4.79 Å². The lowest BCUT2D eigenvalue weighted by atomic mass is 10.3. The van der Waals surface area contributed by atoms with Crippen LogP contribution in [0.25, 0.3) is 0 Å². The third-order valence-corrected chi connectivity index (χ3v) is 1.72. The molecule has 0 amide bonds. The van der Waals surface area contributed by atoms with E-state index in [9.17, 15) is 13.6 Å². The van der Waals surface area contributed by atoms with E-state index >= 15 is 0 Å². The molecule has 0 aliphatic rings. The molecule has 1 aromatic rings. The van der Waals surface area contributed by atoms with Gasteiger partial charge in [0.05, 0.1) is 0 Å². The number of anilines is 1. The first-order chi connectivity index (χ1) is 6.66. The maximum atomic E-state index is 13.0. The zero-order valence-electron chi connectivity index (χ0n) is 7.73. The first-order valence-corrected chi connectivity index (χ1v) is 4.34. The number of nitrogens with one attached hydrogen (secondary N) is 2. The van der Waals surface area contributed by atoms with Crippen LogP contribution in [-0.4, -0.2) is 16.7 Å². The Kier molecular flexibility index (Phi) is 3.55. The average molecular weight is 203 g/mol. The van der Waals surface area contributed by atoms with Crippen LogP contribution in [0.3, 0.4) is 0 Å². The third kappa shape index (κ3) is 2.27.